The van der Waals surface area contributed by atoms with Gasteiger partial charge in [-0.05, 0) is 0 Å². The smallest absolute Gasteiger partial charge is 0.313 e. The number of methoxy groups -OCH3 is 1. The first-order valence-electron chi connectivity index (χ1n) is 3.76. The van der Waals surface area contributed by atoms with Gasteiger partial charge in [0.1, 0.15) is 12.2 Å². The average molecular weight is 189 g/mol. The van der Waals surface area contributed by atoms with Crippen LogP contribution >= 0.6 is 0 Å². The molecule has 13 heavy (non-hydrogen) atoms. The Morgan fingerprint density at radius 1 is 1.46 bits per heavy atom. The van der Waals surface area contributed by atoms with E-state index in [-0.39, 0.29) is 31.6 Å². The summed E-state index contributed by atoms with van der Waals surface area (Å²) in [7, 11) is 1.19. The molecule has 0 saturated carbocycles. The summed E-state index contributed by atoms with van der Waals surface area (Å²) >= 11 is 0. The van der Waals surface area contributed by atoms with Crippen molar-refractivity contribution in [2.75, 3.05) is 13.7 Å². The van der Waals surface area contributed by atoms with Gasteiger partial charge in [0.15, 0.2) is 0 Å². The standard InChI is InChI=1S/C7H11NO5/c1-13-7(10)5-6(9)3-2-4-8(11)12/h2-5H2,1H3. The molecule has 0 rings (SSSR count). The van der Waals surface area contributed by atoms with E-state index in [2.05, 4.69) is 4.74 Å². The van der Waals surface area contributed by atoms with Gasteiger partial charge < -0.3 is 4.74 Å². The number of carbonyl (C=O) groups excluding carboxylic acids is 2. The molecule has 0 bridgehead atoms. The number of ether oxygens (including phenoxy) is 1. The molecule has 0 unspecified atom stereocenters. The molecule has 0 aromatic heterocycles. The van der Waals surface area contributed by atoms with Gasteiger partial charge in [-0.1, -0.05) is 0 Å². The number of nitro groups is 1. The Morgan fingerprint density at radius 2 is 2.08 bits per heavy atom. The summed E-state index contributed by atoms with van der Waals surface area (Å²) in [6.45, 7) is -0.243. The maximum atomic E-state index is 10.9. The quantitative estimate of drug-likeness (QED) is 0.257. The molecule has 0 saturated heterocycles. The van der Waals surface area contributed by atoms with Crippen molar-refractivity contribution in [3.8, 4) is 0 Å². The van der Waals surface area contributed by atoms with E-state index in [4.69, 9.17) is 0 Å². The van der Waals surface area contributed by atoms with Gasteiger partial charge in [-0.25, -0.2) is 0 Å². The van der Waals surface area contributed by atoms with Gasteiger partial charge in [-0.2, -0.15) is 0 Å². The molecule has 0 aliphatic carbocycles. The molecule has 0 aromatic rings. The van der Waals surface area contributed by atoms with E-state index in [1.54, 1.807) is 0 Å². The predicted octanol–water partition coefficient (Wildman–Crippen LogP) is 0.176. The number of hydrogen-bond donors (Lipinski definition) is 0. The lowest BCUT2D eigenvalue weighted by atomic mass is 10.2. The molecule has 6 nitrogen and oxygen atoms in total. The van der Waals surface area contributed by atoms with Crippen LogP contribution in [0.5, 0.6) is 0 Å². The van der Waals surface area contributed by atoms with Crippen molar-refractivity contribution in [3.63, 3.8) is 0 Å². The van der Waals surface area contributed by atoms with Gasteiger partial charge in [0.05, 0.1) is 7.11 Å². The van der Waals surface area contributed by atoms with Crippen molar-refractivity contribution >= 4 is 11.8 Å². The van der Waals surface area contributed by atoms with Gasteiger partial charge >= 0.3 is 5.97 Å². The molecule has 0 radical (unpaired) electrons. The van der Waals surface area contributed by atoms with Crippen molar-refractivity contribution < 1.29 is 19.2 Å². The molecule has 0 fully saturated rings. The molecular formula is C7H11NO5. The molecule has 6 heteroatoms. The van der Waals surface area contributed by atoms with Crippen molar-refractivity contribution in [2.45, 2.75) is 19.3 Å². The number of carbonyl (C=O) groups is 2. The fourth-order valence-electron chi connectivity index (χ4n) is 0.727. The zero-order valence-electron chi connectivity index (χ0n) is 7.32. The molecule has 0 aliphatic rings. The Balaban J connectivity index is 3.52. The van der Waals surface area contributed by atoms with Gasteiger partial charge in [-0.15, -0.1) is 0 Å². The molecule has 0 N–H and O–H groups in total. The second kappa shape index (κ2) is 6.10. The summed E-state index contributed by atoms with van der Waals surface area (Å²) in [6, 6.07) is 0. The minimum Gasteiger partial charge on any atom is -0.469 e. The van der Waals surface area contributed by atoms with Crippen LogP contribution in [0.4, 0.5) is 0 Å². The second-order valence-corrected chi connectivity index (χ2v) is 2.45. The molecule has 0 amide bonds. The van der Waals surface area contributed by atoms with Crippen LogP contribution in [0.2, 0.25) is 0 Å². The minimum atomic E-state index is -0.605. The molecular weight excluding hydrogens is 178 g/mol. The van der Waals surface area contributed by atoms with Crippen molar-refractivity contribution in [3.05, 3.63) is 10.1 Å². The highest BCUT2D eigenvalue weighted by Crippen LogP contribution is 1.96. The molecule has 0 aromatic carbocycles. The Kier molecular flexibility index (Phi) is 5.42. The van der Waals surface area contributed by atoms with Crippen molar-refractivity contribution in [2.24, 2.45) is 0 Å². The Labute approximate surface area is 75.0 Å². The first-order chi connectivity index (χ1) is 6.06. The van der Waals surface area contributed by atoms with Crippen molar-refractivity contribution in [1.82, 2.24) is 0 Å². The first-order valence-corrected chi connectivity index (χ1v) is 3.76. The third-order valence-electron chi connectivity index (χ3n) is 1.37. The SMILES string of the molecule is COC(=O)CC(=O)CCC[N+](=O)[O-]. The van der Waals surface area contributed by atoms with E-state index in [0.717, 1.165) is 0 Å². The topological polar surface area (TPSA) is 86.5 Å². The Bertz CT molecular complexity index is 213. The monoisotopic (exact) mass is 189 g/mol. The summed E-state index contributed by atoms with van der Waals surface area (Å²) in [6.07, 6.45) is -0.0763. The van der Waals surface area contributed by atoms with E-state index < -0.39 is 10.9 Å². The van der Waals surface area contributed by atoms with Crippen LogP contribution in [0.3, 0.4) is 0 Å². The highest BCUT2D eigenvalue weighted by Gasteiger charge is 2.10. The fraction of sp³-hybridized carbons (Fsp3) is 0.714. The van der Waals surface area contributed by atoms with Crippen LogP contribution in [-0.4, -0.2) is 30.3 Å². The summed E-state index contributed by atoms with van der Waals surface area (Å²) in [4.78, 5) is 30.8. The first kappa shape index (κ1) is 11.5. The van der Waals surface area contributed by atoms with Crippen LogP contribution in [0.25, 0.3) is 0 Å². The van der Waals surface area contributed by atoms with Crippen LogP contribution in [0.1, 0.15) is 19.3 Å². The number of esters is 1. The van der Waals surface area contributed by atoms with Gasteiger partial charge in [0, 0.05) is 17.8 Å². The second-order valence-electron chi connectivity index (χ2n) is 2.45. The number of Topliss-reactive ketones (excluding diaryl/α,β-unsaturated/α-hetero) is 1. The average Bonchev–Trinajstić information content (AvgIpc) is 2.03. The molecule has 0 atom stereocenters. The lowest BCUT2D eigenvalue weighted by Gasteiger charge is -1.97. The summed E-state index contributed by atoms with van der Waals surface area (Å²) < 4.78 is 4.25. The van der Waals surface area contributed by atoms with E-state index in [9.17, 15) is 19.7 Å². The zero-order valence-corrected chi connectivity index (χ0v) is 7.32. The summed E-state index contributed by atoms with van der Waals surface area (Å²) in [5.41, 5.74) is 0. The summed E-state index contributed by atoms with van der Waals surface area (Å²) in [5, 5.41) is 9.86. The molecule has 0 spiro atoms. The third kappa shape index (κ3) is 6.92. The number of nitrogens with zero attached hydrogens (tertiary/aromatic N) is 1. The predicted molar refractivity (Wildman–Crippen MR) is 42.7 cm³/mol. The zero-order chi connectivity index (χ0) is 10.3. The molecule has 74 valence electrons. The Hall–Kier alpha value is -1.46. The lowest BCUT2D eigenvalue weighted by Crippen LogP contribution is -2.10. The minimum absolute atomic E-state index is 0.0517. The number of ketones is 1. The van der Waals surface area contributed by atoms with E-state index in [1.165, 1.54) is 7.11 Å². The van der Waals surface area contributed by atoms with Crippen LogP contribution in [0.15, 0.2) is 0 Å². The van der Waals surface area contributed by atoms with E-state index >= 15 is 0 Å². The van der Waals surface area contributed by atoms with Gasteiger partial charge in [-0.3, -0.25) is 19.7 Å². The highest BCUT2D eigenvalue weighted by atomic mass is 16.6. The van der Waals surface area contributed by atoms with Gasteiger partial charge in [0.2, 0.25) is 6.54 Å². The molecule has 0 heterocycles. The third-order valence-corrected chi connectivity index (χ3v) is 1.37. The summed E-state index contributed by atoms with van der Waals surface area (Å²) in [5.74, 6) is -0.931. The fourth-order valence-corrected chi connectivity index (χ4v) is 0.727. The maximum Gasteiger partial charge on any atom is 0.313 e. The van der Waals surface area contributed by atoms with E-state index in [0.29, 0.717) is 0 Å². The molecule has 0 aliphatic heterocycles. The lowest BCUT2D eigenvalue weighted by molar-refractivity contribution is -0.480. The number of hydrogen-bond acceptors (Lipinski definition) is 5. The normalized spacial score (nSPS) is 9.31. The van der Waals surface area contributed by atoms with Gasteiger partial charge in [0.25, 0.3) is 0 Å². The van der Waals surface area contributed by atoms with Crippen LogP contribution < -0.4 is 0 Å². The van der Waals surface area contributed by atoms with E-state index in [1.807, 2.05) is 0 Å². The highest BCUT2D eigenvalue weighted by molar-refractivity contribution is 5.95. The van der Waals surface area contributed by atoms with Crippen molar-refractivity contribution in [1.29, 1.82) is 0 Å². The number of rotatable bonds is 6. The largest absolute Gasteiger partial charge is 0.469 e. The maximum absolute atomic E-state index is 10.9. The van der Waals surface area contributed by atoms with Crippen LogP contribution in [-0.2, 0) is 14.3 Å². The Morgan fingerprint density at radius 3 is 2.54 bits per heavy atom. The van der Waals surface area contributed by atoms with Crippen LogP contribution in [0, 0.1) is 10.1 Å².